The van der Waals surface area contributed by atoms with E-state index in [-0.39, 0.29) is 0 Å². The van der Waals surface area contributed by atoms with Crippen LogP contribution in [0.4, 0.5) is 5.13 Å². The summed E-state index contributed by atoms with van der Waals surface area (Å²) in [5, 5.41) is 4.22. The average Bonchev–Trinajstić information content (AvgIpc) is 2.91. The molecule has 2 aromatic rings. The van der Waals surface area contributed by atoms with Crippen LogP contribution in [0.25, 0.3) is 0 Å². The molecule has 0 aliphatic carbocycles. The second kappa shape index (κ2) is 7.41. The number of piperidine rings is 1. The molecule has 3 rings (SSSR count). The highest BCUT2D eigenvalue weighted by Crippen LogP contribution is 2.22. The molecule has 0 amide bonds. The first-order valence-electron chi connectivity index (χ1n) is 8.43. The van der Waals surface area contributed by atoms with Crippen LogP contribution >= 0.6 is 11.5 Å². The quantitative estimate of drug-likeness (QED) is 0.901. The largest absolute Gasteiger partial charge is 0.356 e. The van der Waals surface area contributed by atoms with Crippen molar-refractivity contribution >= 4 is 16.7 Å². The van der Waals surface area contributed by atoms with Gasteiger partial charge < -0.3 is 5.32 Å². The highest BCUT2D eigenvalue weighted by Gasteiger charge is 2.21. The smallest absolute Gasteiger partial charge is 0.202 e. The zero-order valence-corrected chi connectivity index (χ0v) is 15.1. The fourth-order valence-electron chi connectivity index (χ4n) is 3.49. The van der Waals surface area contributed by atoms with Gasteiger partial charge in [-0.25, -0.2) is 4.98 Å². The van der Waals surface area contributed by atoms with Crippen molar-refractivity contribution < 1.29 is 0 Å². The van der Waals surface area contributed by atoms with Crippen LogP contribution in [0, 0.1) is 18.8 Å². The maximum atomic E-state index is 4.32. The summed E-state index contributed by atoms with van der Waals surface area (Å²) in [7, 11) is 0. The predicted octanol–water partition coefficient (Wildman–Crippen LogP) is 3.94. The maximum absolute atomic E-state index is 4.32. The molecule has 1 fully saturated rings. The standard InChI is InChI=1S/C18H26N4S/c1-13-8-14(2)11-22(10-13)12-17-6-4-16(5-7-17)9-19-18-20-15(3)21-23-18/h4-7,13-14H,8-12H2,1-3H3,(H,19,20,21). The van der Waals surface area contributed by atoms with E-state index in [0.717, 1.165) is 35.9 Å². The summed E-state index contributed by atoms with van der Waals surface area (Å²) < 4.78 is 4.18. The minimum atomic E-state index is 0.798. The van der Waals surface area contributed by atoms with Crippen LogP contribution in [-0.4, -0.2) is 27.3 Å². The Bertz CT molecular complexity index is 612. The van der Waals surface area contributed by atoms with Crippen molar-refractivity contribution in [2.24, 2.45) is 11.8 Å². The van der Waals surface area contributed by atoms with Crippen molar-refractivity contribution in [3.05, 3.63) is 41.2 Å². The van der Waals surface area contributed by atoms with Crippen molar-refractivity contribution in [1.29, 1.82) is 0 Å². The summed E-state index contributed by atoms with van der Waals surface area (Å²) in [6.45, 7) is 11.0. The summed E-state index contributed by atoms with van der Waals surface area (Å²) in [5.41, 5.74) is 2.68. The number of aryl methyl sites for hydroxylation is 1. The lowest BCUT2D eigenvalue weighted by molar-refractivity contribution is 0.134. The van der Waals surface area contributed by atoms with Crippen molar-refractivity contribution in [1.82, 2.24) is 14.3 Å². The lowest BCUT2D eigenvalue weighted by atomic mass is 9.91. The molecule has 2 unspecified atom stereocenters. The number of aromatic nitrogens is 2. The third kappa shape index (κ3) is 4.75. The molecular formula is C18H26N4S. The number of benzene rings is 1. The fraction of sp³-hybridized carbons (Fsp3) is 0.556. The average molecular weight is 331 g/mol. The monoisotopic (exact) mass is 330 g/mol. The topological polar surface area (TPSA) is 41.1 Å². The zero-order valence-electron chi connectivity index (χ0n) is 14.2. The lowest BCUT2D eigenvalue weighted by Gasteiger charge is -2.35. The molecule has 1 N–H and O–H groups in total. The molecule has 2 heterocycles. The van der Waals surface area contributed by atoms with Crippen molar-refractivity contribution in [2.45, 2.75) is 40.3 Å². The van der Waals surface area contributed by atoms with Crippen LogP contribution in [0.3, 0.4) is 0 Å². The van der Waals surface area contributed by atoms with Gasteiger partial charge in [0, 0.05) is 37.7 Å². The molecule has 1 aliphatic rings. The number of hydrogen-bond donors (Lipinski definition) is 1. The van der Waals surface area contributed by atoms with Gasteiger partial charge in [0.15, 0.2) is 0 Å². The number of rotatable bonds is 5. The normalized spacial score (nSPS) is 22.2. The minimum absolute atomic E-state index is 0.798. The van der Waals surface area contributed by atoms with Crippen LogP contribution in [0.1, 0.15) is 37.2 Å². The Morgan fingerprint density at radius 1 is 1.13 bits per heavy atom. The van der Waals surface area contributed by atoms with E-state index in [2.05, 4.69) is 57.7 Å². The molecule has 0 radical (unpaired) electrons. The van der Waals surface area contributed by atoms with Gasteiger partial charge in [0.1, 0.15) is 5.82 Å². The molecule has 5 heteroatoms. The third-order valence-electron chi connectivity index (χ3n) is 4.34. The number of nitrogens with one attached hydrogen (secondary N) is 1. The van der Waals surface area contributed by atoms with E-state index < -0.39 is 0 Å². The van der Waals surface area contributed by atoms with Crippen LogP contribution in [0.15, 0.2) is 24.3 Å². The van der Waals surface area contributed by atoms with E-state index in [1.165, 1.54) is 42.2 Å². The molecule has 4 nitrogen and oxygen atoms in total. The van der Waals surface area contributed by atoms with E-state index in [1.807, 2.05) is 6.92 Å². The number of likely N-dealkylation sites (tertiary alicyclic amines) is 1. The third-order valence-corrected chi connectivity index (χ3v) is 5.11. The first-order valence-corrected chi connectivity index (χ1v) is 9.20. The molecule has 1 aromatic carbocycles. The lowest BCUT2D eigenvalue weighted by Crippen LogP contribution is -2.38. The molecule has 0 saturated carbocycles. The Morgan fingerprint density at radius 2 is 1.78 bits per heavy atom. The predicted molar refractivity (Wildman–Crippen MR) is 96.6 cm³/mol. The van der Waals surface area contributed by atoms with Gasteiger partial charge in [-0.2, -0.15) is 4.37 Å². The summed E-state index contributed by atoms with van der Waals surface area (Å²) >= 11 is 1.42. The number of anilines is 1. The Kier molecular flexibility index (Phi) is 5.28. The molecular weight excluding hydrogens is 304 g/mol. The van der Waals surface area contributed by atoms with E-state index in [0.29, 0.717) is 0 Å². The minimum Gasteiger partial charge on any atom is -0.356 e. The Balaban J connectivity index is 1.52. The molecule has 1 aromatic heterocycles. The van der Waals surface area contributed by atoms with Crippen LogP contribution < -0.4 is 5.32 Å². The van der Waals surface area contributed by atoms with Gasteiger partial charge in [-0.1, -0.05) is 38.1 Å². The van der Waals surface area contributed by atoms with E-state index in [1.54, 1.807) is 0 Å². The first-order chi connectivity index (χ1) is 11.1. The summed E-state index contributed by atoms with van der Waals surface area (Å²) in [6, 6.07) is 8.94. The van der Waals surface area contributed by atoms with E-state index in [9.17, 15) is 0 Å². The van der Waals surface area contributed by atoms with Gasteiger partial charge in [-0.3, -0.25) is 4.90 Å². The van der Waals surface area contributed by atoms with E-state index >= 15 is 0 Å². The van der Waals surface area contributed by atoms with Gasteiger partial charge in [-0.05, 0) is 36.3 Å². The van der Waals surface area contributed by atoms with Gasteiger partial charge in [0.2, 0.25) is 5.13 Å². The van der Waals surface area contributed by atoms with Crippen molar-refractivity contribution in [2.75, 3.05) is 18.4 Å². The molecule has 2 atom stereocenters. The van der Waals surface area contributed by atoms with Gasteiger partial charge in [0.05, 0.1) is 0 Å². The second-order valence-electron chi connectivity index (χ2n) is 6.96. The zero-order chi connectivity index (χ0) is 16.2. The van der Waals surface area contributed by atoms with Gasteiger partial charge >= 0.3 is 0 Å². The Labute approximate surface area is 143 Å². The molecule has 124 valence electrons. The SMILES string of the molecule is Cc1nsc(NCc2ccc(CN3CC(C)CC(C)C3)cc2)n1. The summed E-state index contributed by atoms with van der Waals surface area (Å²) in [6.07, 6.45) is 1.37. The van der Waals surface area contributed by atoms with Gasteiger partial charge in [-0.15, -0.1) is 0 Å². The number of nitrogens with zero attached hydrogens (tertiary/aromatic N) is 3. The summed E-state index contributed by atoms with van der Waals surface area (Å²) in [4.78, 5) is 6.92. The first kappa shape index (κ1) is 16.4. The van der Waals surface area contributed by atoms with Crippen LogP contribution in [0.2, 0.25) is 0 Å². The highest BCUT2D eigenvalue weighted by molar-refractivity contribution is 7.09. The summed E-state index contributed by atoms with van der Waals surface area (Å²) in [5.74, 6) is 2.47. The van der Waals surface area contributed by atoms with E-state index in [4.69, 9.17) is 0 Å². The van der Waals surface area contributed by atoms with Gasteiger partial charge in [0.25, 0.3) is 0 Å². The van der Waals surface area contributed by atoms with Crippen LogP contribution in [0.5, 0.6) is 0 Å². The Morgan fingerprint density at radius 3 is 2.39 bits per heavy atom. The van der Waals surface area contributed by atoms with Crippen molar-refractivity contribution in [3.8, 4) is 0 Å². The molecule has 0 bridgehead atoms. The molecule has 23 heavy (non-hydrogen) atoms. The highest BCUT2D eigenvalue weighted by atomic mass is 32.1. The molecule has 1 aliphatic heterocycles. The van der Waals surface area contributed by atoms with Crippen LogP contribution in [-0.2, 0) is 13.1 Å². The second-order valence-corrected chi connectivity index (χ2v) is 7.71. The Hall–Kier alpha value is -1.46. The fourth-order valence-corrected chi connectivity index (χ4v) is 4.06. The van der Waals surface area contributed by atoms with Crippen molar-refractivity contribution in [3.63, 3.8) is 0 Å². The number of hydrogen-bond acceptors (Lipinski definition) is 5. The molecule has 0 spiro atoms. The molecule has 1 saturated heterocycles. The maximum Gasteiger partial charge on any atom is 0.202 e.